The van der Waals surface area contributed by atoms with E-state index in [1.165, 1.54) is 11.8 Å². The number of esters is 1. The molecule has 1 aromatic heterocycles. The van der Waals surface area contributed by atoms with Crippen LogP contribution < -0.4 is 4.74 Å². The molecule has 0 bridgehead atoms. The molecule has 0 aliphatic rings. The Morgan fingerprint density at radius 3 is 2.61 bits per heavy atom. The van der Waals surface area contributed by atoms with Crippen molar-refractivity contribution in [1.82, 2.24) is 10.2 Å². The minimum atomic E-state index is -0.339. The zero-order valence-corrected chi connectivity index (χ0v) is 18.1. The van der Waals surface area contributed by atoms with E-state index in [0.29, 0.717) is 5.89 Å². The maximum atomic E-state index is 12.0. The number of aryl methyl sites for hydroxylation is 2. The number of rotatable bonds is 7. The average molecular weight is 463 g/mol. The van der Waals surface area contributed by atoms with Crippen LogP contribution in [0.15, 0.2) is 50.2 Å². The minimum Gasteiger partial charge on any atom is -0.497 e. The zero-order valence-electron chi connectivity index (χ0n) is 15.7. The molecular formula is C20H19BrN2O4S. The fourth-order valence-electron chi connectivity index (χ4n) is 2.39. The van der Waals surface area contributed by atoms with Crippen LogP contribution in [0.4, 0.5) is 0 Å². The number of halogens is 1. The Balaban J connectivity index is 1.52. The van der Waals surface area contributed by atoms with Gasteiger partial charge in [0.1, 0.15) is 5.75 Å². The van der Waals surface area contributed by atoms with E-state index in [4.69, 9.17) is 13.9 Å². The first-order valence-electron chi connectivity index (χ1n) is 8.48. The highest BCUT2D eigenvalue weighted by atomic mass is 79.9. The highest BCUT2D eigenvalue weighted by Gasteiger charge is 2.12. The number of hydrogen-bond donors (Lipinski definition) is 0. The van der Waals surface area contributed by atoms with Gasteiger partial charge >= 0.3 is 5.97 Å². The van der Waals surface area contributed by atoms with Gasteiger partial charge in [-0.05, 0) is 61.4 Å². The molecule has 0 saturated heterocycles. The van der Waals surface area contributed by atoms with E-state index in [0.717, 1.165) is 31.8 Å². The van der Waals surface area contributed by atoms with E-state index < -0.39 is 0 Å². The first kappa shape index (κ1) is 20.4. The standard InChI is InChI=1S/C20H19BrN2O4S/c1-12-9-17(13(2)8-16(12)21)28-11-19(24)26-10-18-22-23-20(27-18)14-4-6-15(25-3)7-5-14/h4-9H,10-11H2,1-3H3. The maximum Gasteiger partial charge on any atom is 0.316 e. The molecule has 3 aromatic rings. The molecule has 0 saturated carbocycles. The summed E-state index contributed by atoms with van der Waals surface area (Å²) in [5.41, 5.74) is 3.00. The van der Waals surface area contributed by atoms with Crippen LogP contribution in [0.5, 0.6) is 5.75 Å². The number of aromatic nitrogens is 2. The maximum absolute atomic E-state index is 12.0. The van der Waals surface area contributed by atoms with Gasteiger partial charge in [-0.3, -0.25) is 4.79 Å². The van der Waals surface area contributed by atoms with Crippen molar-refractivity contribution < 1.29 is 18.7 Å². The van der Waals surface area contributed by atoms with Gasteiger partial charge in [-0.15, -0.1) is 22.0 Å². The SMILES string of the molecule is COc1ccc(-c2nnc(COC(=O)CSc3cc(C)c(Br)cc3C)o2)cc1. The molecule has 0 spiro atoms. The first-order chi connectivity index (χ1) is 13.5. The Bertz CT molecular complexity index is 973. The van der Waals surface area contributed by atoms with Crippen LogP contribution in [0.3, 0.4) is 0 Å². The molecule has 0 amide bonds. The smallest absolute Gasteiger partial charge is 0.316 e. The molecule has 8 heteroatoms. The summed E-state index contributed by atoms with van der Waals surface area (Å²) in [6.07, 6.45) is 0. The monoisotopic (exact) mass is 462 g/mol. The lowest BCUT2D eigenvalue weighted by molar-refractivity contribution is -0.142. The van der Waals surface area contributed by atoms with Gasteiger partial charge in [-0.25, -0.2) is 0 Å². The number of nitrogens with zero attached hydrogens (tertiary/aromatic N) is 2. The summed E-state index contributed by atoms with van der Waals surface area (Å²) in [7, 11) is 1.60. The van der Waals surface area contributed by atoms with Gasteiger partial charge in [0.2, 0.25) is 5.89 Å². The lowest BCUT2D eigenvalue weighted by atomic mass is 10.2. The molecule has 0 fully saturated rings. The summed E-state index contributed by atoms with van der Waals surface area (Å²) >= 11 is 4.95. The number of benzene rings is 2. The molecule has 28 heavy (non-hydrogen) atoms. The van der Waals surface area contributed by atoms with E-state index in [1.807, 2.05) is 44.2 Å². The highest BCUT2D eigenvalue weighted by Crippen LogP contribution is 2.28. The Morgan fingerprint density at radius 1 is 1.14 bits per heavy atom. The van der Waals surface area contributed by atoms with Gasteiger partial charge in [-0.2, -0.15) is 0 Å². The highest BCUT2D eigenvalue weighted by molar-refractivity contribution is 9.10. The van der Waals surface area contributed by atoms with Crippen LogP contribution in [0.1, 0.15) is 17.0 Å². The van der Waals surface area contributed by atoms with Crippen LogP contribution >= 0.6 is 27.7 Å². The normalized spacial score (nSPS) is 10.7. The van der Waals surface area contributed by atoms with Gasteiger partial charge in [-0.1, -0.05) is 15.9 Å². The second-order valence-corrected chi connectivity index (χ2v) is 7.92. The van der Waals surface area contributed by atoms with Gasteiger partial charge in [0.25, 0.3) is 5.89 Å². The van der Waals surface area contributed by atoms with Crippen LogP contribution in [0, 0.1) is 13.8 Å². The number of carbonyl (C=O) groups is 1. The van der Waals surface area contributed by atoms with Crippen molar-refractivity contribution in [3.05, 3.63) is 57.9 Å². The molecule has 146 valence electrons. The average Bonchev–Trinajstić information content (AvgIpc) is 3.17. The Morgan fingerprint density at radius 2 is 1.89 bits per heavy atom. The number of ether oxygens (including phenoxy) is 2. The molecule has 0 N–H and O–H groups in total. The molecule has 0 atom stereocenters. The van der Waals surface area contributed by atoms with E-state index in [-0.39, 0.29) is 24.2 Å². The molecule has 1 heterocycles. The molecule has 0 unspecified atom stereocenters. The van der Waals surface area contributed by atoms with E-state index in [2.05, 4.69) is 32.2 Å². The first-order valence-corrected chi connectivity index (χ1v) is 10.3. The third-order valence-corrected chi connectivity index (χ3v) is 5.95. The molecule has 0 radical (unpaired) electrons. The molecule has 6 nitrogen and oxygen atoms in total. The van der Waals surface area contributed by atoms with Crippen molar-refractivity contribution in [3.8, 4) is 17.2 Å². The molecular weight excluding hydrogens is 444 g/mol. The van der Waals surface area contributed by atoms with Crippen LogP contribution in [0.2, 0.25) is 0 Å². The fraction of sp³-hybridized carbons (Fsp3) is 0.250. The quantitative estimate of drug-likeness (QED) is 0.362. The van der Waals surface area contributed by atoms with Crippen molar-refractivity contribution in [2.75, 3.05) is 12.9 Å². The van der Waals surface area contributed by atoms with Crippen molar-refractivity contribution in [2.24, 2.45) is 0 Å². The number of thioether (sulfide) groups is 1. The summed E-state index contributed by atoms with van der Waals surface area (Å²) < 4.78 is 17.0. The number of carbonyl (C=O) groups excluding carboxylic acids is 1. The van der Waals surface area contributed by atoms with Crippen molar-refractivity contribution >= 4 is 33.7 Å². The summed E-state index contributed by atoms with van der Waals surface area (Å²) in [5, 5.41) is 7.91. The largest absolute Gasteiger partial charge is 0.497 e. The summed E-state index contributed by atoms with van der Waals surface area (Å²) in [6, 6.07) is 11.4. The van der Waals surface area contributed by atoms with E-state index in [9.17, 15) is 4.79 Å². The number of methoxy groups -OCH3 is 1. The second-order valence-electron chi connectivity index (χ2n) is 6.05. The van der Waals surface area contributed by atoms with Gasteiger partial charge in [0.05, 0.1) is 12.9 Å². The molecule has 0 aliphatic carbocycles. The van der Waals surface area contributed by atoms with E-state index >= 15 is 0 Å². The predicted octanol–water partition coefficient (Wildman–Crippen LogP) is 4.96. The lowest BCUT2D eigenvalue weighted by Crippen LogP contribution is -2.07. The summed E-state index contributed by atoms with van der Waals surface area (Å²) in [6.45, 7) is 3.97. The van der Waals surface area contributed by atoms with Crippen molar-refractivity contribution in [3.63, 3.8) is 0 Å². The van der Waals surface area contributed by atoms with E-state index in [1.54, 1.807) is 7.11 Å². The van der Waals surface area contributed by atoms with Gasteiger partial charge in [0, 0.05) is 14.9 Å². The molecule has 0 aliphatic heterocycles. The van der Waals surface area contributed by atoms with Gasteiger partial charge < -0.3 is 13.9 Å². The third-order valence-electron chi connectivity index (χ3n) is 3.96. The second kappa shape index (κ2) is 9.25. The third kappa shape index (κ3) is 5.14. The zero-order chi connectivity index (χ0) is 20.1. The predicted molar refractivity (Wildman–Crippen MR) is 110 cm³/mol. The molecule has 3 rings (SSSR count). The molecule has 2 aromatic carbocycles. The van der Waals surface area contributed by atoms with Crippen LogP contribution in [-0.2, 0) is 16.1 Å². The van der Waals surface area contributed by atoms with Crippen LogP contribution in [0.25, 0.3) is 11.5 Å². The lowest BCUT2D eigenvalue weighted by Gasteiger charge is -2.08. The summed E-state index contributed by atoms with van der Waals surface area (Å²) in [4.78, 5) is 13.1. The topological polar surface area (TPSA) is 74.5 Å². The van der Waals surface area contributed by atoms with Crippen molar-refractivity contribution in [1.29, 1.82) is 0 Å². The number of hydrogen-bond acceptors (Lipinski definition) is 7. The van der Waals surface area contributed by atoms with Crippen LogP contribution in [-0.4, -0.2) is 29.0 Å². The van der Waals surface area contributed by atoms with Gasteiger partial charge in [0.15, 0.2) is 6.61 Å². The minimum absolute atomic E-state index is 0.0547. The Labute approximate surface area is 175 Å². The Kier molecular flexibility index (Phi) is 6.74. The summed E-state index contributed by atoms with van der Waals surface area (Å²) in [5.74, 6) is 1.23. The fourth-order valence-corrected chi connectivity index (χ4v) is 3.75. The van der Waals surface area contributed by atoms with Crippen molar-refractivity contribution in [2.45, 2.75) is 25.3 Å². The Hall–Kier alpha value is -2.32.